The molecule has 0 heterocycles. The van der Waals surface area contributed by atoms with Crippen molar-refractivity contribution in [1.82, 2.24) is 9.80 Å². The molecule has 0 amide bonds. The van der Waals surface area contributed by atoms with E-state index >= 15 is 0 Å². The second-order valence-corrected chi connectivity index (χ2v) is 5.15. The van der Waals surface area contributed by atoms with Gasteiger partial charge in [-0.15, -0.1) is 0 Å². The molecule has 0 rings (SSSR count). The van der Waals surface area contributed by atoms with E-state index in [9.17, 15) is 0 Å². The molecular formula is C10H20N2O2S2Te. The molecule has 0 aromatic carbocycles. The van der Waals surface area contributed by atoms with E-state index in [0.29, 0.717) is 10.3 Å². The van der Waals surface area contributed by atoms with Gasteiger partial charge < -0.3 is 0 Å². The van der Waals surface area contributed by atoms with E-state index in [0.717, 1.165) is 26.2 Å². The maximum absolute atomic E-state index is 5.45. The summed E-state index contributed by atoms with van der Waals surface area (Å²) in [7, 11) is 0. The summed E-state index contributed by atoms with van der Waals surface area (Å²) in [5.41, 5.74) is 0. The molecule has 0 N–H and O–H groups in total. The van der Waals surface area contributed by atoms with Crippen molar-refractivity contribution < 1.29 is 6.20 Å². The molecule has 0 radical (unpaired) electrons. The third-order valence-corrected chi connectivity index (χ3v) is 4.89. The van der Waals surface area contributed by atoms with Gasteiger partial charge in [-0.2, -0.15) is 0 Å². The Kier molecular flexibility index (Phi) is 10.2. The van der Waals surface area contributed by atoms with Crippen molar-refractivity contribution in [3.05, 3.63) is 0 Å². The summed E-state index contributed by atoms with van der Waals surface area (Å²) in [6.45, 7) is 11.6. The van der Waals surface area contributed by atoms with Gasteiger partial charge in [0.05, 0.1) is 0 Å². The van der Waals surface area contributed by atoms with Gasteiger partial charge in [-0.1, -0.05) is 0 Å². The Morgan fingerprint density at radius 2 is 1.12 bits per heavy atom. The second kappa shape index (κ2) is 10.1. The van der Waals surface area contributed by atoms with E-state index in [1.54, 1.807) is 0 Å². The van der Waals surface area contributed by atoms with Crippen LogP contribution in [-0.2, 0) is 6.20 Å². The summed E-state index contributed by atoms with van der Waals surface area (Å²) < 4.78 is 10.9. The standard InChI is InChI=1S/C10H20N2O2S2Te/c1-5-11(6-2)9(15)13-17-14-10(16)12(7-3)8-4/h5-8H2,1-4H3. The number of hydrogen-bond donors (Lipinski definition) is 0. The first-order chi connectivity index (χ1) is 8.10. The molecule has 7 heteroatoms. The number of rotatable bonds is 6. The van der Waals surface area contributed by atoms with Crippen molar-refractivity contribution in [2.45, 2.75) is 27.7 Å². The monoisotopic (exact) mass is 394 g/mol. The molecular weight excluding hydrogens is 372 g/mol. The van der Waals surface area contributed by atoms with Crippen LogP contribution in [-0.4, -0.2) is 68.1 Å². The topological polar surface area (TPSA) is 24.9 Å². The zero-order valence-electron chi connectivity index (χ0n) is 10.8. The van der Waals surface area contributed by atoms with E-state index in [4.69, 9.17) is 30.6 Å². The summed E-state index contributed by atoms with van der Waals surface area (Å²) in [6, 6.07) is 0. The third kappa shape index (κ3) is 6.61. The summed E-state index contributed by atoms with van der Waals surface area (Å²) in [5, 5.41) is 1.03. The first-order valence-corrected chi connectivity index (χ1v) is 8.41. The van der Waals surface area contributed by atoms with Gasteiger partial charge in [0.2, 0.25) is 0 Å². The van der Waals surface area contributed by atoms with Gasteiger partial charge in [-0.05, 0) is 0 Å². The van der Waals surface area contributed by atoms with Crippen LogP contribution in [0.5, 0.6) is 0 Å². The van der Waals surface area contributed by atoms with E-state index in [1.807, 2.05) is 37.5 Å². The van der Waals surface area contributed by atoms with Gasteiger partial charge in [0.1, 0.15) is 0 Å². The Morgan fingerprint density at radius 3 is 1.35 bits per heavy atom. The Morgan fingerprint density at radius 1 is 0.824 bits per heavy atom. The first kappa shape index (κ1) is 17.2. The zero-order valence-corrected chi connectivity index (χ0v) is 14.7. The van der Waals surface area contributed by atoms with Crippen LogP contribution >= 0.6 is 24.4 Å². The van der Waals surface area contributed by atoms with E-state index in [-0.39, 0.29) is 0 Å². The normalized spacial score (nSPS) is 9.65. The minimum atomic E-state index is -1.09. The maximum atomic E-state index is 5.45. The predicted molar refractivity (Wildman–Crippen MR) is 79.0 cm³/mol. The van der Waals surface area contributed by atoms with Crippen LogP contribution < -0.4 is 0 Å². The summed E-state index contributed by atoms with van der Waals surface area (Å²) in [5.74, 6) is 0. The molecule has 0 saturated heterocycles. The van der Waals surface area contributed by atoms with Crippen LogP contribution in [0.3, 0.4) is 0 Å². The molecule has 0 spiro atoms. The fraction of sp³-hybridized carbons (Fsp3) is 0.800. The van der Waals surface area contributed by atoms with Crippen LogP contribution in [0.1, 0.15) is 27.7 Å². The van der Waals surface area contributed by atoms with Crippen molar-refractivity contribution in [2.75, 3.05) is 26.2 Å². The van der Waals surface area contributed by atoms with Gasteiger partial charge in [0, 0.05) is 0 Å². The van der Waals surface area contributed by atoms with Crippen LogP contribution in [0.15, 0.2) is 0 Å². The molecule has 0 aliphatic carbocycles. The average molecular weight is 392 g/mol. The number of hydrogen-bond acceptors (Lipinski definition) is 4. The van der Waals surface area contributed by atoms with E-state index in [2.05, 4.69) is 0 Å². The molecule has 100 valence electrons. The SMILES string of the molecule is CCN(CC)C(=S)O[Te]OC(=S)N(CC)CC. The molecule has 0 aliphatic heterocycles. The molecule has 0 unspecified atom stereocenters. The molecule has 4 nitrogen and oxygen atoms in total. The van der Waals surface area contributed by atoms with Crippen molar-refractivity contribution >= 4 is 56.5 Å². The van der Waals surface area contributed by atoms with Gasteiger partial charge in [-0.25, -0.2) is 0 Å². The second-order valence-electron chi connectivity index (χ2n) is 3.11. The van der Waals surface area contributed by atoms with Gasteiger partial charge in [0.25, 0.3) is 0 Å². The fourth-order valence-electron chi connectivity index (χ4n) is 1.14. The Bertz CT molecular complexity index is 222. The Balaban J connectivity index is 3.90. The van der Waals surface area contributed by atoms with Crippen molar-refractivity contribution in [2.24, 2.45) is 0 Å². The predicted octanol–water partition coefficient (Wildman–Crippen LogP) is 1.81. The van der Waals surface area contributed by atoms with Crippen molar-refractivity contribution in [1.29, 1.82) is 0 Å². The van der Waals surface area contributed by atoms with Crippen LogP contribution in [0.4, 0.5) is 0 Å². The quantitative estimate of drug-likeness (QED) is 0.506. The molecule has 0 bridgehead atoms. The van der Waals surface area contributed by atoms with E-state index in [1.165, 1.54) is 0 Å². The molecule has 0 atom stereocenters. The van der Waals surface area contributed by atoms with Crippen molar-refractivity contribution in [3.8, 4) is 0 Å². The molecule has 0 aliphatic rings. The van der Waals surface area contributed by atoms with Gasteiger partial charge >= 0.3 is 126 Å². The molecule has 0 aromatic rings. The summed E-state index contributed by atoms with van der Waals surface area (Å²) >= 11 is 9.20. The average Bonchev–Trinajstić information content (AvgIpc) is 2.32. The summed E-state index contributed by atoms with van der Waals surface area (Å²) in [4.78, 5) is 3.95. The molecule has 17 heavy (non-hydrogen) atoms. The Hall–Kier alpha value is 0.170. The first-order valence-electron chi connectivity index (χ1n) is 5.69. The number of thiocarbonyl (C=S) groups is 2. The molecule has 0 fully saturated rings. The molecule has 0 saturated carbocycles. The zero-order chi connectivity index (χ0) is 13.3. The fourth-order valence-corrected chi connectivity index (χ4v) is 3.06. The van der Waals surface area contributed by atoms with Gasteiger partial charge in [-0.3, -0.25) is 0 Å². The Labute approximate surface area is 126 Å². The minimum absolute atomic E-state index is 0.514. The molecule has 0 aromatic heterocycles. The van der Waals surface area contributed by atoms with Crippen LogP contribution in [0, 0.1) is 0 Å². The third-order valence-electron chi connectivity index (χ3n) is 2.25. The van der Waals surface area contributed by atoms with Crippen LogP contribution in [0.2, 0.25) is 0 Å². The summed E-state index contributed by atoms with van der Waals surface area (Å²) in [6.07, 6.45) is 0. The van der Waals surface area contributed by atoms with Crippen LogP contribution in [0.25, 0.3) is 0 Å². The number of nitrogens with zero attached hydrogens (tertiary/aromatic N) is 2. The van der Waals surface area contributed by atoms with Crippen molar-refractivity contribution in [3.63, 3.8) is 0 Å². The van der Waals surface area contributed by atoms with E-state index < -0.39 is 21.7 Å². The van der Waals surface area contributed by atoms with Gasteiger partial charge in [0.15, 0.2) is 0 Å².